The van der Waals surface area contributed by atoms with Crippen LogP contribution in [0.5, 0.6) is 0 Å². The third kappa shape index (κ3) is 6.37. The molecule has 0 atom stereocenters. The maximum absolute atomic E-state index is 2.43. The van der Waals surface area contributed by atoms with Gasteiger partial charge in [0, 0.05) is 42.6 Å². The van der Waals surface area contributed by atoms with Crippen LogP contribution in [-0.2, 0) is 5.41 Å². The number of hydrogen-bond donors (Lipinski definition) is 0. The Morgan fingerprint density at radius 3 is 1.56 bits per heavy atom. The number of thiophene rings is 1. The Hall–Kier alpha value is -7.52. The predicted octanol–water partition coefficient (Wildman–Crippen LogP) is 17.7. The first-order chi connectivity index (χ1) is 31.0. The molecule has 0 aliphatic heterocycles. The zero-order chi connectivity index (χ0) is 42.1. The molecule has 1 aliphatic carbocycles. The smallest absolute Gasteiger partial charge is 0.0465 e. The fraction of sp³-hybridized carbons (Fsp3) is 0.0492. The summed E-state index contributed by atoms with van der Waals surface area (Å²) in [6, 6.07) is 82.8. The van der Waals surface area contributed by atoms with Crippen LogP contribution in [0.2, 0.25) is 0 Å². The van der Waals surface area contributed by atoms with E-state index in [9.17, 15) is 0 Å². The standard InChI is InChI=1S/C61H43NS/c1-61(2)57-38-47(40-11-4-3-5-12-40)27-34-53(57)54-35-33-50(39-58(54)61)62(49-31-25-43(26-32-49)46-28-36-60-56(37-46)55-16-8-9-18-59(55)63-60)48-29-23-42(24-30-48)41-19-21-45(22-20-41)52-17-10-14-44-13-6-7-15-51(44)52/h3-39H,1-2H3. The van der Waals surface area contributed by atoms with Crippen molar-refractivity contribution in [1.29, 1.82) is 0 Å². The van der Waals surface area contributed by atoms with Gasteiger partial charge in [0.15, 0.2) is 0 Å². The highest BCUT2D eigenvalue weighted by molar-refractivity contribution is 7.25. The summed E-state index contributed by atoms with van der Waals surface area (Å²) < 4.78 is 2.65. The molecule has 2 heteroatoms. The molecule has 0 fully saturated rings. The van der Waals surface area contributed by atoms with Crippen LogP contribution in [0.3, 0.4) is 0 Å². The highest BCUT2D eigenvalue weighted by Gasteiger charge is 2.36. The molecular formula is C61H43NS. The van der Waals surface area contributed by atoms with Gasteiger partial charge in [-0.1, -0.05) is 178 Å². The predicted molar refractivity (Wildman–Crippen MR) is 271 cm³/mol. The van der Waals surface area contributed by atoms with E-state index in [1.807, 2.05) is 11.3 Å². The third-order valence-corrected chi connectivity index (χ3v) is 14.5. The summed E-state index contributed by atoms with van der Waals surface area (Å²) >= 11 is 1.86. The summed E-state index contributed by atoms with van der Waals surface area (Å²) in [6.07, 6.45) is 0. The molecule has 0 N–H and O–H groups in total. The number of benzene rings is 10. The zero-order valence-corrected chi connectivity index (χ0v) is 36.0. The molecule has 0 radical (unpaired) electrons. The molecule has 0 unspecified atom stereocenters. The lowest BCUT2D eigenvalue weighted by molar-refractivity contribution is 0.660. The average Bonchev–Trinajstić information content (AvgIpc) is 3.83. The number of nitrogens with zero attached hydrogens (tertiary/aromatic N) is 1. The van der Waals surface area contributed by atoms with E-state index in [0.29, 0.717) is 0 Å². The summed E-state index contributed by atoms with van der Waals surface area (Å²) in [5, 5.41) is 5.18. The fourth-order valence-electron chi connectivity index (χ4n) is 9.95. The Bertz CT molecular complexity index is 3500. The van der Waals surface area contributed by atoms with Gasteiger partial charge in [0.1, 0.15) is 0 Å². The zero-order valence-electron chi connectivity index (χ0n) is 35.2. The average molecular weight is 822 g/mol. The van der Waals surface area contributed by atoms with Crippen LogP contribution in [0.25, 0.3) is 86.6 Å². The molecule has 298 valence electrons. The van der Waals surface area contributed by atoms with Crippen molar-refractivity contribution in [2.75, 3.05) is 4.90 Å². The molecule has 1 aromatic heterocycles. The van der Waals surface area contributed by atoms with E-state index in [1.54, 1.807) is 0 Å². The highest BCUT2D eigenvalue weighted by Crippen LogP contribution is 2.52. The lowest BCUT2D eigenvalue weighted by Crippen LogP contribution is -2.16. The molecule has 0 saturated heterocycles. The van der Waals surface area contributed by atoms with Gasteiger partial charge in [0.2, 0.25) is 0 Å². The van der Waals surface area contributed by atoms with Gasteiger partial charge >= 0.3 is 0 Å². The van der Waals surface area contributed by atoms with Crippen LogP contribution in [0.1, 0.15) is 25.0 Å². The molecule has 1 aliphatic rings. The van der Waals surface area contributed by atoms with Crippen LogP contribution in [0.4, 0.5) is 17.1 Å². The molecule has 0 amide bonds. The Balaban J connectivity index is 0.919. The third-order valence-electron chi connectivity index (χ3n) is 13.3. The van der Waals surface area contributed by atoms with Gasteiger partial charge < -0.3 is 4.90 Å². The molecule has 11 aromatic rings. The van der Waals surface area contributed by atoms with Gasteiger partial charge in [-0.2, -0.15) is 0 Å². The van der Waals surface area contributed by atoms with Crippen molar-refractivity contribution >= 4 is 59.3 Å². The summed E-state index contributed by atoms with van der Waals surface area (Å²) in [6.45, 7) is 4.76. The lowest BCUT2D eigenvalue weighted by atomic mass is 9.81. The minimum atomic E-state index is -0.173. The van der Waals surface area contributed by atoms with Crippen LogP contribution in [0.15, 0.2) is 224 Å². The SMILES string of the molecule is CC1(C)c2cc(-c3ccccc3)ccc2-c2ccc(N(c3ccc(-c4ccc(-c5cccc6ccccc56)cc4)cc3)c3ccc(-c4ccc5sc6ccccc6c5c4)cc3)cc21. The summed E-state index contributed by atoms with van der Waals surface area (Å²) in [4.78, 5) is 2.42. The monoisotopic (exact) mass is 821 g/mol. The fourth-order valence-corrected chi connectivity index (χ4v) is 11.0. The second kappa shape index (κ2) is 14.8. The molecule has 0 bridgehead atoms. The van der Waals surface area contributed by atoms with Gasteiger partial charge in [-0.3, -0.25) is 0 Å². The largest absolute Gasteiger partial charge is 0.310 e. The number of hydrogen-bond acceptors (Lipinski definition) is 2. The second-order valence-corrected chi connectivity index (χ2v) is 18.4. The molecule has 10 aromatic carbocycles. The van der Waals surface area contributed by atoms with Gasteiger partial charge in [0.05, 0.1) is 0 Å². The van der Waals surface area contributed by atoms with E-state index in [-0.39, 0.29) is 5.41 Å². The Labute approximate surface area is 372 Å². The lowest BCUT2D eigenvalue weighted by Gasteiger charge is -2.28. The molecule has 1 nitrogen and oxygen atoms in total. The molecule has 0 spiro atoms. The minimum absolute atomic E-state index is 0.173. The van der Waals surface area contributed by atoms with Crippen molar-refractivity contribution in [2.24, 2.45) is 0 Å². The Kier molecular flexibility index (Phi) is 8.77. The number of fused-ring (bicyclic) bond motifs is 7. The van der Waals surface area contributed by atoms with Gasteiger partial charge in [-0.05, 0) is 138 Å². The molecule has 0 saturated carbocycles. The molecule has 63 heavy (non-hydrogen) atoms. The first kappa shape index (κ1) is 37.3. The summed E-state index contributed by atoms with van der Waals surface area (Å²) in [7, 11) is 0. The summed E-state index contributed by atoms with van der Waals surface area (Å²) in [5.74, 6) is 0. The molecule has 12 rings (SSSR count). The van der Waals surface area contributed by atoms with E-state index in [4.69, 9.17) is 0 Å². The van der Waals surface area contributed by atoms with Gasteiger partial charge in [0.25, 0.3) is 0 Å². The normalized spacial score (nSPS) is 12.7. The van der Waals surface area contributed by atoms with Crippen molar-refractivity contribution < 1.29 is 0 Å². The van der Waals surface area contributed by atoms with Crippen molar-refractivity contribution in [3.63, 3.8) is 0 Å². The second-order valence-electron chi connectivity index (χ2n) is 17.3. The minimum Gasteiger partial charge on any atom is -0.310 e. The van der Waals surface area contributed by atoms with E-state index in [0.717, 1.165) is 17.1 Å². The van der Waals surface area contributed by atoms with E-state index in [2.05, 4.69) is 243 Å². The number of rotatable bonds is 7. The number of anilines is 3. The topological polar surface area (TPSA) is 3.24 Å². The maximum Gasteiger partial charge on any atom is 0.0465 e. The highest BCUT2D eigenvalue weighted by atomic mass is 32.1. The molecular weight excluding hydrogens is 779 g/mol. The van der Waals surface area contributed by atoms with Gasteiger partial charge in [-0.15, -0.1) is 11.3 Å². The maximum atomic E-state index is 2.43. The van der Waals surface area contributed by atoms with Crippen molar-refractivity contribution in [2.45, 2.75) is 19.3 Å². The van der Waals surface area contributed by atoms with E-state index < -0.39 is 0 Å². The quantitative estimate of drug-likeness (QED) is 0.155. The van der Waals surface area contributed by atoms with Crippen molar-refractivity contribution in [3.05, 3.63) is 236 Å². The van der Waals surface area contributed by atoms with Gasteiger partial charge in [-0.25, -0.2) is 0 Å². The first-order valence-electron chi connectivity index (χ1n) is 21.8. The van der Waals surface area contributed by atoms with Crippen LogP contribution >= 0.6 is 11.3 Å². The first-order valence-corrected chi connectivity index (χ1v) is 22.6. The van der Waals surface area contributed by atoms with Crippen LogP contribution in [0, 0.1) is 0 Å². The van der Waals surface area contributed by atoms with Crippen molar-refractivity contribution in [1.82, 2.24) is 0 Å². The van der Waals surface area contributed by atoms with Crippen LogP contribution in [-0.4, -0.2) is 0 Å². The van der Waals surface area contributed by atoms with Crippen molar-refractivity contribution in [3.8, 4) is 55.6 Å². The van der Waals surface area contributed by atoms with Crippen LogP contribution < -0.4 is 4.90 Å². The van der Waals surface area contributed by atoms with E-state index in [1.165, 1.54) is 97.7 Å². The molecule has 1 heterocycles. The summed E-state index contributed by atoms with van der Waals surface area (Å²) in [5.41, 5.74) is 18.4. The Morgan fingerprint density at radius 1 is 0.317 bits per heavy atom. The van der Waals surface area contributed by atoms with E-state index >= 15 is 0 Å². The Morgan fingerprint density at radius 2 is 0.810 bits per heavy atom.